The highest BCUT2D eigenvalue weighted by Gasteiger charge is 2.55. The third kappa shape index (κ3) is 9.57. The summed E-state index contributed by atoms with van der Waals surface area (Å²) in [6, 6.07) is 6.89. The average Bonchev–Trinajstić information content (AvgIpc) is 3.23. The lowest BCUT2D eigenvalue weighted by atomic mass is 9.81. The molecule has 62 heavy (non-hydrogen) atoms. The third-order valence-corrected chi connectivity index (χ3v) is 10.8. The van der Waals surface area contributed by atoms with Gasteiger partial charge in [-0.25, -0.2) is 14.4 Å². The molecule has 1 aliphatic carbocycles. The van der Waals surface area contributed by atoms with Crippen molar-refractivity contribution in [2.24, 2.45) is 17.8 Å². The first-order valence-corrected chi connectivity index (χ1v) is 19.4. The Morgan fingerprint density at radius 2 is 1.52 bits per heavy atom. The summed E-state index contributed by atoms with van der Waals surface area (Å²) < 4.78 is 51.8. The molecule has 13 atom stereocenters. The minimum absolute atomic E-state index is 0.0684. The van der Waals surface area contributed by atoms with E-state index in [-0.39, 0.29) is 18.6 Å². The number of benzene rings is 2. The van der Waals surface area contributed by atoms with Crippen LogP contribution in [0.2, 0.25) is 0 Å². The molecular formula is C41H46O21. The summed E-state index contributed by atoms with van der Waals surface area (Å²) in [5.41, 5.74) is -0.888. The number of phenols is 3. The van der Waals surface area contributed by atoms with E-state index < -0.39 is 156 Å². The summed E-state index contributed by atoms with van der Waals surface area (Å²) in [4.78, 5) is 65.6. The van der Waals surface area contributed by atoms with E-state index in [4.69, 9.17) is 42.6 Å². The van der Waals surface area contributed by atoms with Crippen molar-refractivity contribution in [1.82, 2.24) is 0 Å². The average molecular weight is 875 g/mol. The maximum absolute atomic E-state index is 14.3. The third-order valence-electron chi connectivity index (χ3n) is 10.8. The highest BCUT2D eigenvalue weighted by atomic mass is 16.8. The fourth-order valence-corrected chi connectivity index (χ4v) is 7.68. The number of phenolic OH excluding ortho intramolecular Hbond substituents is 3. The van der Waals surface area contributed by atoms with Crippen LogP contribution < -0.4 is 4.74 Å². The number of hydrogen-bond donors (Lipinski definition) is 7. The Morgan fingerprint density at radius 3 is 2.19 bits per heavy atom. The van der Waals surface area contributed by atoms with Gasteiger partial charge in [0.25, 0.3) is 0 Å². The second-order valence-electron chi connectivity index (χ2n) is 14.9. The Balaban J connectivity index is 1.39. The number of fused-ring (bicyclic) bond motifs is 1. The Labute approximate surface area is 352 Å². The van der Waals surface area contributed by atoms with E-state index in [2.05, 4.69) is 6.58 Å². The van der Waals surface area contributed by atoms with Crippen LogP contribution in [0.3, 0.4) is 0 Å². The van der Waals surface area contributed by atoms with Gasteiger partial charge < -0.3 is 78.4 Å². The predicted molar refractivity (Wildman–Crippen MR) is 202 cm³/mol. The molecule has 21 heteroatoms. The second-order valence-corrected chi connectivity index (χ2v) is 14.9. The molecule has 1 saturated carbocycles. The molecule has 4 aliphatic rings. The van der Waals surface area contributed by atoms with Crippen LogP contribution in [-0.4, -0.2) is 147 Å². The minimum atomic E-state index is -1.95. The molecular weight excluding hydrogens is 828 g/mol. The van der Waals surface area contributed by atoms with E-state index >= 15 is 0 Å². The van der Waals surface area contributed by atoms with Crippen LogP contribution in [0.1, 0.15) is 47.4 Å². The first kappa shape index (κ1) is 45.6. The van der Waals surface area contributed by atoms with Crippen LogP contribution in [0, 0.1) is 17.8 Å². The standard InChI is InChI=1S/C41H46O21/c1-4-20-21-11-12-54-37(51)24(21)15-56-40(20)62-41-36(61-38(52)22-7-5-9-25(45)30(22)48)35(57-18(3)44)34(28(59-41)16-55-17(2)43)60-39(53)23-8-6-10-26(46)33(23)58-27-13-19(14-42)29(47)32(50)31(27)49/h4-10,15,19-21,27-29,31-32,34-36,40-42,45-50H,1,11-14,16H2,2-3H3/t19-,20-,21+,27-,28-,29-,31+,32+,34-,35-,36-,40-,41+/m1/s1. The van der Waals surface area contributed by atoms with Gasteiger partial charge in [-0.1, -0.05) is 18.2 Å². The Morgan fingerprint density at radius 1 is 0.839 bits per heavy atom. The normalized spacial score (nSPS) is 31.7. The summed E-state index contributed by atoms with van der Waals surface area (Å²) in [6.07, 6.45) is -14.3. The van der Waals surface area contributed by atoms with Crippen LogP contribution >= 0.6 is 0 Å². The van der Waals surface area contributed by atoms with E-state index in [1.165, 1.54) is 18.2 Å². The molecule has 2 aromatic carbocycles. The van der Waals surface area contributed by atoms with E-state index in [0.29, 0.717) is 6.42 Å². The van der Waals surface area contributed by atoms with Gasteiger partial charge in [-0.2, -0.15) is 0 Å². The monoisotopic (exact) mass is 874 g/mol. The molecule has 0 unspecified atom stereocenters. The number of carbonyl (C=O) groups excluding carboxylic acids is 5. The number of para-hydroxylation sites is 2. The van der Waals surface area contributed by atoms with Crippen LogP contribution in [-0.2, 0) is 52.3 Å². The van der Waals surface area contributed by atoms with Crippen molar-refractivity contribution >= 4 is 29.8 Å². The number of aromatic hydroxyl groups is 3. The minimum Gasteiger partial charge on any atom is -0.504 e. The summed E-state index contributed by atoms with van der Waals surface area (Å²) in [7, 11) is 0. The highest BCUT2D eigenvalue weighted by Crippen LogP contribution is 2.41. The number of cyclic esters (lactones) is 1. The van der Waals surface area contributed by atoms with E-state index in [1.807, 2.05) is 0 Å². The molecule has 3 heterocycles. The van der Waals surface area contributed by atoms with Crippen molar-refractivity contribution in [3.63, 3.8) is 0 Å². The number of esters is 5. The van der Waals surface area contributed by atoms with Crippen molar-refractivity contribution < 1.29 is 102 Å². The molecule has 0 aromatic heterocycles. The molecule has 3 aliphatic heterocycles. The largest absolute Gasteiger partial charge is 0.504 e. The predicted octanol–water partition coefficient (Wildman–Crippen LogP) is 0.239. The number of ether oxygens (including phenoxy) is 9. The van der Waals surface area contributed by atoms with Gasteiger partial charge in [0.2, 0.25) is 12.6 Å². The second kappa shape index (κ2) is 19.4. The van der Waals surface area contributed by atoms with Crippen molar-refractivity contribution in [1.29, 1.82) is 0 Å². The number of carbonyl (C=O) groups is 5. The number of aliphatic hydroxyl groups is 4. The maximum atomic E-state index is 14.3. The smallest absolute Gasteiger partial charge is 0.342 e. The van der Waals surface area contributed by atoms with Gasteiger partial charge in [0.05, 0.1) is 24.5 Å². The summed E-state index contributed by atoms with van der Waals surface area (Å²) >= 11 is 0. The zero-order valence-corrected chi connectivity index (χ0v) is 33.2. The van der Waals surface area contributed by atoms with Gasteiger partial charge in [-0.15, -0.1) is 6.58 Å². The first-order valence-electron chi connectivity index (χ1n) is 19.4. The van der Waals surface area contributed by atoms with Crippen LogP contribution in [0.25, 0.3) is 0 Å². The Bertz CT molecular complexity index is 2050. The number of rotatable bonds is 13. The number of hydrogen-bond acceptors (Lipinski definition) is 21. The molecule has 0 bridgehead atoms. The van der Waals surface area contributed by atoms with Gasteiger partial charge in [0, 0.05) is 38.2 Å². The van der Waals surface area contributed by atoms with Crippen molar-refractivity contribution in [2.45, 2.75) is 88.1 Å². The molecule has 0 amide bonds. The fraction of sp³-hybridized carbons (Fsp3) is 0.488. The molecule has 0 radical (unpaired) electrons. The molecule has 2 aromatic rings. The molecule has 0 spiro atoms. The molecule has 336 valence electrons. The quantitative estimate of drug-likeness (QED) is 0.0613. The Kier molecular flexibility index (Phi) is 14.2. The number of aliphatic hydroxyl groups excluding tert-OH is 4. The summed E-state index contributed by atoms with van der Waals surface area (Å²) in [5.74, 6) is -10.2. The fourth-order valence-electron chi connectivity index (χ4n) is 7.68. The Hall–Kier alpha value is -5.97. The zero-order valence-electron chi connectivity index (χ0n) is 33.2. The lowest BCUT2D eigenvalue weighted by Gasteiger charge is -2.46. The molecule has 3 fully saturated rings. The van der Waals surface area contributed by atoms with Gasteiger partial charge in [-0.3, -0.25) is 9.59 Å². The van der Waals surface area contributed by atoms with Gasteiger partial charge in [-0.05, 0) is 37.1 Å². The topological polar surface area (TPSA) is 310 Å². The van der Waals surface area contributed by atoms with Gasteiger partial charge in [0.15, 0.2) is 41.3 Å². The van der Waals surface area contributed by atoms with E-state index in [9.17, 15) is 59.7 Å². The lowest BCUT2D eigenvalue weighted by Crippen LogP contribution is -2.64. The van der Waals surface area contributed by atoms with E-state index in [0.717, 1.165) is 44.4 Å². The highest BCUT2D eigenvalue weighted by molar-refractivity contribution is 5.94. The van der Waals surface area contributed by atoms with Crippen molar-refractivity contribution in [3.05, 3.63) is 72.0 Å². The van der Waals surface area contributed by atoms with Crippen molar-refractivity contribution in [3.8, 4) is 23.0 Å². The van der Waals surface area contributed by atoms with Gasteiger partial charge >= 0.3 is 29.8 Å². The van der Waals surface area contributed by atoms with Crippen LogP contribution in [0.4, 0.5) is 0 Å². The zero-order chi connectivity index (χ0) is 45.0. The van der Waals surface area contributed by atoms with Crippen molar-refractivity contribution in [2.75, 3.05) is 19.8 Å². The summed E-state index contributed by atoms with van der Waals surface area (Å²) in [5, 5.41) is 72.8. The lowest BCUT2D eigenvalue weighted by molar-refractivity contribution is -0.338. The van der Waals surface area contributed by atoms with Crippen LogP contribution in [0.5, 0.6) is 23.0 Å². The SMILES string of the molecule is C=C[C@H]1[C@@H](O[C@@H]2O[C@H](COC(C)=O)[C@@H](OC(=O)c3cccc(O)c3O[C@@H]3C[C@H](CO)[C@@H](O)[C@H](O)[C@H]3O)[C@@H](OC(C)=O)[C@H]2OC(=O)c2cccc(O)c2O)OC=C2C(=O)OCC[C@H]21. The molecule has 6 rings (SSSR count). The molecule has 2 saturated heterocycles. The molecule has 21 nitrogen and oxygen atoms in total. The van der Waals surface area contributed by atoms with Gasteiger partial charge in [0.1, 0.15) is 42.1 Å². The van der Waals surface area contributed by atoms with E-state index in [1.54, 1.807) is 0 Å². The summed E-state index contributed by atoms with van der Waals surface area (Å²) in [6.45, 7) is 4.63. The first-order chi connectivity index (χ1) is 29.5. The molecule has 7 N–H and O–H groups in total. The maximum Gasteiger partial charge on any atom is 0.342 e. The van der Waals surface area contributed by atoms with Crippen LogP contribution in [0.15, 0.2) is 60.9 Å².